The Labute approximate surface area is 173 Å². The van der Waals surface area contributed by atoms with Crippen molar-refractivity contribution in [1.82, 2.24) is 0 Å². The van der Waals surface area contributed by atoms with E-state index in [0.29, 0.717) is 22.7 Å². The number of aryl methyl sites for hydroxylation is 2. The van der Waals surface area contributed by atoms with Crippen molar-refractivity contribution in [2.75, 3.05) is 17.2 Å². The van der Waals surface area contributed by atoms with Gasteiger partial charge in [0.1, 0.15) is 5.75 Å². The summed E-state index contributed by atoms with van der Waals surface area (Å²) >= 11 is 6.19. The van der Waals surface area contributed by atoms with Crippen LogP contribution in [0.15, 0.2) is 30.3 Å². The lowest BCUT2D eigenvalue weighted by Gasteiger charge is -2.19. The van der Waals surface area contributed by atoms with Crippen LogP contribution in [-0.2, 0) is 22.4 Å². The van der Waals surface area contributed by atoms with E-state index in [-0.39, 0.29) is 42.1 Å². The Morgan fingerprint density at radius 3 is 2.69 bits per heavy atom. The molecule has 4 rings (SSSR count). The summed E-state index contributed by atoms with van der Waals surface area (Å²) in [6, 6.07) is 8.96. The van der Waals surface area contributed by atoms with Gasteiger partial charge < -0.3 is 15.4 Å². The number of ketones is 1. The summed E-state index contributed by atoms with van der Waals surface area (Å²) in [6.45, 7) is -0.0860. The first-order valence-electron chi connectivity index (χ1n) is 9.70. The van der Waals surface area contributed by atoms with Gasteiger partial charge in [0.15, 0.2) is 12.4 Å². The minimum atomic E-state index is -0.307. The zero-order chi connectivity index (χ0) is 20.4. The van der Waals surface area contributed by atoms with Crippen molar-refractivity contribution in [2.24, 2.45) is 0 Å². The summed E-state index contributed by atoms with van der Waals surface area (Å²) in [4.78, 5) is 36.2. The third kappa shape index (κ3) is 4.43. The second-order valence-electron chi connectivity index (χ2n) is 7.33. The molecule has 0 saturated heterocycles. The Bertz CT molecular complexity index is 1000. The van der Waals surface area contributed by atoms with Crippen LogP contribution in [0.3, 0.4) is 0 Å². The molecule has 150 valence electrons. The van der Waals surface area contributed by atoms with Crippen LogP contribution >= 0.6 is 11.6 Å². The molecule has 1 aliphatic heterocycles. The Morgan fingerprint density at radius 1 is 1.07 bits per heavy atom. The fourth-order valence-corrected chi connectivity index (χ4v) is 3.90. The first-order chi connectivity index (χ1) is 14.0. The standard InChI is InChI=1S/C22H21ClN2O4/c23-16-10-18-20(29-12-22(28)25-18)11-17(16)24-21(27)8-7-19(26)15-6-5-13-3-1-2-4-14(13)9-15/h5-6,9-11H,1-4,7-8,12H2,(H,24,27)(H,25,28). The normalized spacial score (nSPS) is 14.9. The molecule has 29 heavy (non-hydrogen) atoms. The van der Waals surface area contributed by atoms with E-state index in [1.165, 1.54) is 23.6 Å². The minimum absolute atomic E-state index is 0.0453. The van der Waals surface area contributed by atoms with Gasteiger partial charge in [0.25, 0.3) is 5.91 Å². The van der Waals surface area contributed by atoms with Crippen LogP contribution in [0, 0.1) is 0 Å². The molecule has 0 spiro atoms. The highest BCUT2D eigenvalue weighted by molar-refractivity contribution is 6.34. The largest absolute Gasteiger partial charge is 0.482 e. The number of fused-ring (bicyclic) bond motifs is 2. The molecule has 0 bridgehead atoms. The number of benzene rings is 2. The molecular formula is C22H21ClN2O4. The molecule has 1 heterocycles. The van der Waals surface area contributed by atoms with Crippen LogP contribution in [-0.4, -0.2) is 24.2 Å². The molecule has 2 aromatic carbocycles. The number of carbonyl (C=O) groups is 3. The van der Waals surface area contributed by atoms with Crippen molar-refractivity contribution < 1.29 is 19.1 Å². The van der Waals surface area contributed by atoms with E-state index in [9.17, 15) is 14.4 Å². The second kappa shape index (κ2) is 8.25. The Balaban J connectivity index is 1.37. The zero-order valence-corrected chi connectivity index (χ0v) is 16.6. The van der Waals surface area contributed by atoms with Crippen molar-refractivity contribution in [3.63, 3.8) is 0 Å². The van der Waals surface area contributed by atoms with E-state index in [0.717, 1.165) is 19.3 Å². The second-order valence-corrected chi connectivity index (χ2v) is 7.73. The first kappa shape index (κ1) is 19.5. The van der Waals surface area contributed by atoms with Gasteiger partial charge in [-0.25, -0.2) is 0 Å². The number of carbonyl (C=O) groups excluding carboxylic acids is 3. The predicted molar refractivity (Wildman–Crippen MR) is 111 cm³/mol. The number of rotatable bonds is 5. The van der Waals surface area contributed by atoms with Crippen LogP contribution in [0.25, 0.3) is 0 Å². The van der Waals surface area contributed by atoms with Crippen LogP contribution in [0.5, 0.6) is 5.75 Å². The molecule has 0 atom stereocenters. The highest BCUT2D eigenvalue weighted by Crippen LogP contribution is 2.36. The molecule has 0 fully saturated rings. The molecule has 2 N–H and O–H groups in total. The first-order valence-corrected chi connectivity index (χ1v) is 10.1. The topological polar surface area (TPSA) is 84.5 Å². The van der Waals surface area contributed by atoms with E-state index in [4.69, 9.17) is 16.3 Å². The fourth-order valence-electron chi connectivity index (χ4n) is 3.69. The van der Waals surface area contributed by atoms with Gasteiger partial charge in [0.05, 0.1) is 16.4 Å². The summed E-state index contributed by atoms with van der Waals surface area (Å²) in [6.07, 6.45) is 4.61. The number of nitrogens with one attached hydrogen (secondary N) is 2. The van der Waals surface area contributed by atoms with Crippen molar-refractivity contribution in [2.45, 2.75) is 38.5 Å². The summed E-state index contributed by atoms with van der Waals surface area (Å²) in [7, 11) is 0. The summed E-state index contributed by atoms with van der Waals surface area (Å²) in [5.41, 5.74) is 4.08. The predicted octanol–water partition coefficient (Wildman–Crippen LogP) is 4.15. The maximum Gasteiger partial charge on any atom is 0.262 e. The third-order valence-corrected chi connectivity index (χ3v) is 5.54. The number of hydrogen-bond donors (Lipinski definition) is 2. The highest BCUT2D eigenvalue weighted by Gasteiger charge is 2.19. The Kier molecular flexibility index (Phi) is 5.53. The molecule has 0 unspecified atom stereocenters. The van der Waals surface area contributed by atoms with Gasteiger partial charge in [-0.1, -0.05) is 23.7 Å². The molecule has 7 heteroatoms. The lowest BCUT2D eigenvalue weighted by Crippen LogP contribution is -2.25. The zero-order valence-electron chi connectivity index (χ0n) is 15.8. The van der Waals surface area contributed by atoms with Gasteiger partial charge in [-0.05, 0) is 48.9 Å². The van der Waals surface area contributed by atoms with Crippen LogP contribution < -0.4 is 15.4 Å². The molecule has 1 aliphatic carbocycles. The van der Waals surface area contributed by atoms with Crippen LogP contribution in [0.4, 0.5) is 11.4 Å². The van der Waals surface area contributed by atoms with Crippen molar-refractivity contribution in [1.29, 1.82) is 0 Å². The van der Waals surface area contributed by atoms with Crippen molar-refractivity contribution in [3.05, 3.63) is 52.0 Å². The maximum absolute atomic E-state index is 12.5. The molecular weight excluding hydrogens is 392 g/mol. The average Bonchev–Trinajstić information content (AvgIpc) is 2.72. The average molecular weight is 413 g/mol. The van der Waals surface area contributed by atoms with E-state index in [1.807, 2.05) is 18.2 Å². The van der Waals surface area contributed by atoms with E-state index < -0.39 is 0 Å². The Morgan fingerprint density at radius 2 is 1.86 bits per heavy atom. The highest BCUT2D eigenvalue weighted by atomic mass is 35.5. The van der Waals surface area contributed by atoms with E-state index in [2.05, 4.69) is 10.6 Å². The maximum atomic E-state index is 12.5. The number of anilines is 2. The van der Waals surface area contributed by atoms with Crippen LogP contribution in [0.2, 0.25) is 5.02 Å². The lowest BCUT2D eigenvalue weighted by molar-refractivity contribution is -0.118. The quantitative estimate of drug-likeness (QED) is 0.722. The van der Waals surface area contributed by atoms with Gasteiger partial charge in [-0.15, -0.1) is 0 Å². The molecule has 0 saturated carbocycles. The molecule has 2 amide bonds. The molecule has 0 radical (unpaired) electrons. The van der Waals surface area contributed by atoms with Crippen molar-refractivity contribution in [3.8, 4) is 5.75 Å². The molecule has 6 nitrogen and oxygen atoms in total. The number of amides is 2. The number of ether oxygens (including phenoxy) is 1. The van der Waals surface area contributed by atoms with E-state index in [1.54, 1.807) is 6.07 Å². The smallest absolute Gasteiger partial charge is 0.262 e. The number of halogens is 1. The van der Waals surface area contributed by atoms with Gasteiger partial charge in [0.2, 0.25) is 5.91 Å². The monoisotopic (exact) mass is 412 g/mol. The molecule has 0 aromatic heterocycles. The van der Waals surface area contributed by atoms with Gasteiger partial charge in [0, 0.05) is 24.5 Å². The van der Waals surface area contributed by atoms with E-state index >= 15 is 0 Å². The Hall–Kier alpha value is -2.86. The van der Waals surface area contributed by atoms with Gasteiger partial charge in [-0.3, -0.25) is 14.4 Å². The van der Waals surface area contributed by atoms with Gasteiger partial charge >= 0.3 is 0 Å². The number of Topliss-reactive ketones (excluding diaryl/α,β-unsaturated/α-hetero) is 1. The summed E-state index contributed by atoms with van der Waals surface area (Å²) in [5.74, 6) is -0.172. The summed E-state index contributed by atoms with van der Waals surface area (Å²) < 4.78 is 5.34. The lowest BCUT2D eigenvalue weighted by atomic mass is 9.89. The SMILES string of the molecule is O=C(CCC(=O)c1ccc2c(c1)CCCC2)Nc1cc2c(cc1Cl)NC(=O)CO2. The van der Waals surface area contributed by atoms with Crippen molar-refractivity contribution >= 4 is 40.6 Å². The van der Waals surface area contributed by atoms with Crippen LogP contribution in [0.1, 0.15) is 47.2 Å². The van der Waals surface area contributed by atoms with Gasteiger partial charge in [-0.2, -0.15) is 0 Å². The number of hydrogen-bond acceptors (Lipinski definition) is 4. The molecule has 2 aliphatic rings. The fraction of sp³-hybridized carbons (Fsp3) is 0.318. The molecule has 2 aromatic rings. The minimum Gasteiger partial charge on any atom is -0.482 e. The third-order valence-electron chi connectivity index (χ3n) is 5.23. The summed E-state index contributed by atoms with van der Waals surface area (Å²) in [5, 5.41) is 5.65.